The van der Waals surface area contributed by atoms with Gasteiger partial charge in [-0.1, -0.05) is 30.0 Å². The first-order valence-electron chi connectivity index (χ1n) is 8.26. The number of carbonyl (C=O) groups is 1. The molecule has 2 aromatic heterocycles. The maximum Gasteiger partial charge on any atom is 0.233 e. The van der Waals surface area contributed by atoms with Gasteiger partial charge in [0.15, 0.2) is 5.65 Å². The van der Waals surface area contributed by atoms with E-state index < -0.39 is 0 Å². The average molecular weight is 341 g/mol. The SMILES string of the molecule is C[C@@H]1CCCCN1C(=O)CSc1nnc2c(n1)[nH]c1ccccc12. The Kier molecular flexibility index (Phi) is 4.10. The third-order valence-corrected chi connectivity index (χ3v) is 5.37. The molecule has 4 rings (SSSR count). The van der Waals surface area contributed by atoms with E-state index in [9.17, 15) is 4.79 Å². The summed E-state index contributed by atoms with van der Waals surface area (Å²) in [7, 11) is 0. The van der Waals surface area contributed by atoms with E-state index in [-0.39, 0.29) is 5.91 Å². The number of para-hydroxylation sites is 1. The van der Waals surface area contributed by atoms with E-state index in [1.165, 1.54) is 18.2 Å². The summed E-state index contributed by atoms with van der Waals surface area (Å²) in [5.74, 6) is 0.519. The van der Waals surface area contributed by atoms with E-state index in [4.69, 9.17) is 0 Å². The van der Waals surface area contributed by atoms with Crippen molar-refractivity contribution in [2.45, 2.75) is 37.4 Å². The zero-order valence-corrected chi connectivity index (χ0v) is 14.3. The highest BCUT2D eigenvalue weighted by Crippen LogP contribution is 2.24. The summed E-state index contributed by atoms with van der Waals surface area (Å²) >= 11 is 1.35. The zero-order valence-electron chi connectivity index (χ0n) is 13.5. The van der Waals surface area contributed by atoms with Crippen LogP contribution < -0.4 is 0 Å². The molecule has 3 aromatic rings. The Bertz CT molecular complexity index is 893. The van der Waals surface area contributed by atoms with Crippen molar-refractivity contribution in [2.75, 3.05) is 12.3 Å². The first-order valence-corrected chi connectivity index (χ1v) is 9.24. The van der Waals surface area contributed by atoms with Gasteiger partial charge in [-0.3, -0.25) is 4.79 Å². The van der Waals surface area contributed by atoms with Gasteiger partial charge in [-0.15, -0.1) is 10.2 Å². The molecule has 6 nitrogen and oxygen atoms in total. The van der Waals surface area contributed by atoms with Gasteiger partial charge >= 0.3 is 0 Å². The van der Waals surface area contributed by atoms with Crippen molar-refractivity contribution >= 4 is 39.7 Å². The first-order chi connectivity index (χ1) is 11.7. The summed E-state index contributed by atoms with van der Waals surface area (Å²) in [4.78, 5) is 22.2. The summed E-state index contributed by atoms with van der Waals surface area (Å²) < 4.78 is 0. The summed E-state index contributed by atoms with van der Waals surface area (Å²) in [6, 6.07) is 8.27. The molecule has 7 heteroatoms. The number of nitrogens with zero attached hydrogens (tertiary/aromatic N) is 4. The van der Waals surface area contributed by atoms with Crippen molar-refractivity contribution in [3.8, 4) is 0 Å². The molecule has 0 aliphatic carbocycles. The minimum atomic E-state index is 0.160. The lowest BCUT2D eigenvalue weighted by atomic mass is 10.0. The van der Waals surface area contributed by atoms with E-state index in [1.54, 1.807) is 0 Å². The van der Waals surface area contributed by atoms with E-state index >= 15 is 0 Å². The van der Waals surface area contributed by atoms with Crippen molar-refractivity contribution in [1.82, 2.24) is 25.1 Å². The number of H-pyrrole nitrogens is 1. The number of piperidine rings is 1. The maximum absolute atomic E-state index is 12.4. The van der Waals surface area contributed by atoms with Crippen molar-refractivity contribution in [3.63, 3.8) is 0 Å². The normalized spacial score (nSPS) is 18.4. The number of nitrogens with one attached hydrogen (secondary N) is 1. The van der Waals surface area contributed by atoms with Crippen molar-refractivity contribution in [1.29, 1.82) is 0 Å². The standard InChI is InChI=1S/C17H19N5OS/c1-11-6-4-5-9-22(11)14(23)10-24-17-19-16-15(20-21-17)12-7-2-3-8-13(12)18-16/h2-3,7-8,11H,4-6,9-10H2,1H3,(H,18,19,21)/t11-/m1/s1. The number of amides is 1. The monoisotopic (exact) mass is 341 g/mol. The molecule has 1 aliphatic heterocycles. The molecule has 3 heterocycles. The van der Waals surface area contributed by atoms with Gasteiger partial charge < -0.3 is 9.88 Å². The van der Waals surface area contributed by atoms with Gasteiger partial charge in [-0.2, -0.15) is 0 Å². The van der Waals surface area contributed by atoms with E-state index in [1.807, 2.05) is 29.2 Å². The van der Waals surface area contributed by atoms with Crippen LogP contribution in [0.25, 0.3) is 22.1 Å². The quantitative estimate of drug-likeness (QED) is 0.741. The van der Waals surface area contributed by atoms with E-state index in [0.717, 1.165) is 35.8 Å². The number of aromatic nitrogens is 4. The fourth-order valence-corrected chi connectivity index (χ4v) is 3.92. The first kappa shape index (κ1) is 15.4. The maximum atomic E-state index is 12.4. The number of hydrogen-bond donors (Lipinski definition) is 1. The Labute approximate surface area is 144 Å². The predicted molar refractivity (Wildman–Crippen MR) is 94.9 cm³/mol. The van der Waals surface area contributed by atoms with Gasteiger partial charge in [0, 0.05) is 23.5 Å². The van der Waals surface area contributed by atoms with Crippen molar-refractivity contribution in [3.05, 3.63) is 24.3 Å². The smallest absolute Gasteiger partial charge is 0.233 e. The van der Waals surface area contributed by atoms with E-state index in [2.05, 4.69) is 27.1 Å². The minimum Gasteiger partial charge on any atom is -0.339 e. The van der Waals surface area contributed by atoms with Gasteiger partial charge in [0.2, 0.25) is 11.1 Å². The van der Waals surface area contributed by atoms with Crippen LogP contribution in [0, 0.1) is 0 Å². The number of benzene rings is 1. The van der Waals surface area contributed by atoms with Crippen LogP contribution in [-0.4, -0.2) is 49.3 Å². The van der Waals surface area contributed by atoms with Gasteiger partial charge in [0.05, 0.1) is 5.75 Å². The summed E-state index contributed by atoms with van der Waals surface area (Å²) in [5, 5.41) is 10.0. The lowest BCUT2D eigenvalue weighted by Crippen LogP contribution is -2.42. The van der Waals surface area contributed by atoms with Gasteiger partial charge in [-0.05, 0) is 32.3 Å². The Morgan fingerprint density at radius 1 is 1.33 bits per heavy atom. The third-order valence-electron chi connectivity index (χ3n) is 4.55. The molecule has 0 spiro atoms. The predicted octanol–water partition coefficient (Wildman–Crippen LogP) is 3.00. The van der Waals surface area contributed by atoms with Crippen LogP contribution in [0.3, 0.4) is 0 Å². The second-order valence-corrected chi connectivity index (χ2v) is 7.13. The Balaban J connectivity index is 1.50. The minimum absolute atomic E-state index is 0.160. The number of carbonyl (C=O) groups excluding carboxylic acids is 1. The van der Waals surface area contributed by atoms with E-state index in [0.29, 0.717) is 22.6 Å². The van der Waals surface area contributed by atoms with Crippen LogP contribution in [0.15, 0.2) is 29.4 Å². The highest BCUT2D eigenvalue weighted by Gasteiger charge is 2.23. The molecule has 0 radical (unpaired) electrons. The van der Waals surface area contributed by atoms with Gasteiger partial charge in [-0.25, -0.2) is 4.98 Å². The van der Waals surface area contributed by atoms with Gasteiger partial charge in [0.25, 0.3) is 0 Å². The van der Waals surface area contributed by atoms with Crippen LogP contribution in [0.4, 0.5) is 0 Å². The lowest BCUT2D eigenvalue weighted by Gasteiger charge is -2.33. The summed E-state index contributed by atoms with van der Waals surface area (Å²) in [5.41, 5.74) is 2.48. The molecule has 0 unspecified atom stereocenters. The van der Waals surface area contributed by atoms with Crippen LogP contribution in [-0.2, 0) is 4.79 Å². The molecule has 1 saturated heterocycles. The number of fused-ring (bicyclic) bond motifs is 3. The number of thioether (sulfide) groups is 1. The lowest BCUT2D eigenvalue weighted by molar-refractivity contribution is -0.131. The number of hydrogen-bond acceptors (Lipinski definition) is 5. The molecular weight excluding hydrogens is 322 g/mol. The summed E-state index contributed by atoms with van der Waals surface area (Å²) in [6.07, 6.45) is 3.40. The molecule has 1 aromatic carbocycles. The van der Waals surface area contributed by atoms with Crippen LogP contribution in [0.5, 0.6) is 0 Å². The van der Waals surface area contributed by atoms with Crippen molar-refractivity contribution in [2.24, 2.45) is 0 Å². The topological polar surface area (TPSA) is 74.8 Å². The van der Waals surface area contributed by atoms with Crippen LogP contribution in [0.2, 0.25) is 0 Å². The second-order valence-electron chi connectivity index (χ2n) is 6.18. The molecule has 0 bridgehead atoms. The van der Waals surface area contributed by atoms with Crippen LogP contribution >= 0.6 is 11.8 Å². The summed E-state index contributed by atoms with van der Waals surface area (Å²) in [6.45, 7) is 2.98. The fourth-order valence-electron chi connectivity index (χ4n) is 3.24. The number of rotatable bonds is 3. The average Bonchev–Trinajstić information content (AvgIpc) is 2.98. The Morgan fingerprint density at radius 3 is 3.08 bits per heavy atom. The van der Waals surface area contributed by atoms with Crippen LogP contribution in [0.1, 0.15) is 26.2 Å². The number of aromatic amines is 1. The molecule has 1 atom stereocenters. The zero-order chi connectivity index (χ0) is 16.5. The molecule has 0 saturated carbocycles. The molecule has 124 valence electrons. The molecule has 24 heavy (non-hydrogen) atoms. The highest BCUT2D eigenvalue weighted by atomic mass is 32.2. The molecule has 1 fully saturated rings. The highest BCUT2D eigenvalue weighted by molar-refractivity contribution is 7.99. The van der Waals surface area contributed by atoms with Gasteiger partial charge in [0.1, 0.15) is 5.52 Å². The van der Waals surface area contributed by atoms with Crippen molar-refractivity contribution < 1.29 is 4.79 Å². The third kappa shape index (κ3) is 2.84. The number of likely N-dealkylation sites (tertiary alicyclic amines) is 1. The molecule has 1 amide bonds. The Morgan fingerprint density at radius 2 is 2.21 bits per heavy atom. The fraction of sp³-hybridized carbons (Fsp3) is 0.412. The second kappa shape index (κ2) is 6.39. The Hall–Kier alpha value is -2.15. The molecule has 1 N–H and O–H groups in total. The molecule has 1 aliphatic rings. The largest absolute Gasteiger partial charge is 0.339 e. The molecular formula is C17H19N5OS.